The first-order chi connectivity index (χ1) is 16.6. The van der Waals surface area contributed by atoms with Crippen LogP contribution in [0.1, 0.15) is 12.8 Å². The molecule has 0 aromatic carbocycles. The van der Waals surface area contributed by atoms with Gasteiger partial charge in [0.15, 0.2) is 0 Å². The number of nitrogens with one attached hydrogen (secondary N) is 2. The minimum atomic E-state index is -2.93. The van der Waals surface area contributed by atoms with Crippen molar-refractivity contribution in [3.63, 3.8) is 0 Å². The molecule has 0 spiro atoms. The number of alkyl halides is 2. The quantitative estimate of drug-likeness (QED) is 0.296. The summed E-state index contributed by atoms with van der Waals surface area (Å²) in [6, 6.07) is -0.203. The lowest BCUT2D eigenvalue weighted by molar-refractivity contribution is -0.127. The van der Waals surface area contributed by atoms with E-state index < -0.39 is 17.7 Å². The molecule has 3 rings (SSSR count). The van der Waals surface area contributed by atoms with E-state index in [4.69, 9.17) is 11.6 Å². The number of likely N-dealkylation sites (N-methyl/N-ethyl adjacent to an activating group) is 1. The standard InChI is InChI=1S/C23H31ClF2N5O3P/c1-29(10-3-11-32)22(34)19-21(30(2)14-33)28-20(15-4-6-16(7-5-15)23(25,26)35)31(19)13-18-9-8-17(24)12-27-18/h4-6,8-9,12,14,16,18,20,27-28,32H,3,7,10-11,13,35H2,1-2H3. The van der Waals surface area contributed by atoms with Crippen molar-refractivity contribution < 1.29 is 23.5 Å². The Kier molecular flexibility index (Phi) is 8.96. The molecule has 192 valence electrons. The molecule has 4 atom stereocenters. The van der Waals surface area contributed by atoms with Gasteiger partial charge in [-0.1, -0.05) is 45.1 Å². The molecule has 2 heterocycles. The van der Waals surface area contributed by atoms with Crippen molar-refractivity contribution in [2.75, 3.05) is 33.8 Å². The molecule has 0 radical (unpaired) electrons. The molecule has 35 heavy (non-hydrogen) atoms. The minimum Gasteiger partial charge on any atom is -0.396 e. The normalized spacial score (nSPS) is 24.0. The Hall–Kier alpha value is -2.42. The summed E-state index contributed by atoms with van der Waals surface area (Å²) in [7, 11) is 4.75. The number of nitrogens with zero attached hydrogens (tertiary/aromatic N) is 3. The highest BCUT2D eigenvalue weighted by atomic mass is 35.5. The van der Waals surface area contributed by atoms with Gasteiger partial charge in [0.05, 0.1) is 11.1 Å². The summed E-state index contributed by atoms with van der Waals surface area (Å²) >= 11 is 6.02. The zero-order valence-corrected chi connectivity index (χ0v) is 21.5. The van der Waals surface area contributed by atoms with E-state index in [1.807, 2.05) is 11.0 Å². The summed E-state index contributed by atoms with van der Waals surface area (Å²) in [5.41, 5.74) is -1.95. The van der Waals surface area contributed by atoms with Crippen LogP contribution in [0.15, 0.2) is 58.7 Å². The number of carbonyl (C=O) groups excluding carboxylic acids is 2. The molecular formula is C23H31ClF2N5O3P. The van der Waals surface area contributed by atoms with Crippen LogP contribution in [0.25, 0.3) is 0 Å². The first kappa shape index (κ1) is 27.2. The van der Waals surface area contributed by atoms with Crippen LogP contribution < -0.4 is 10.6 Å². The molecule has 12 heteroatoms. The molecule has 0 bridgehead atoms. The average Bonchev–Trinajstić information content (AvgIpc) is 3.21. The fourth-order valence-corrected chi connectivity index (χ4v) is 4.47. The van der Waals surface area contributed by atoms with Crippen LogP contribution in [-0.2, 0) is 9.59 Å². The van der Waals surface area contributed by atoms with Crippen LogP contribution in [0.2, 0.25) is 0 Å². The lowest BCUT2D eigenvalue weighted by atomic mass is 9.95. The minimum absolute atomic E-state index is 0.0641. The maximum absolute atomic E-state index is 13.8. The summed E-state index contributed by atoms with van der Waals surface area (Å²) in [6.45, 7) is 0.586. The van der Waals surface area contributed by atoms with Gasteiger partial charge in [-0.25, -0.2) is 8.78 Å². The number of dihydropyridines is 1. The van der Waals surface area contributed by atoms with Crippen molar-refractivity contribution in [3.8, 4) is 0 Å². The maximum Gasteiger partial charge on any atom is 0.273 e. The Morgan fingerprint density at radius 2 is 2.11 bits per heavy atom. The molecule has 0 fully saturated rings. The lowest BCUT2D eigenvalue weighted by Gasteiger charge is -2.34. The molecule has 8 nitrogen and oxygen atoms in total. The zero-order chi connectivity index (χ0) is 25.8. The number of hydrogen-bond donors (Lipinski definition) is 3. The molecule has 2 amide bonds. The van der Waals surface area contributed by atoms with E-state index in [2.05, 4.69) is 10.6 Å². The summed E-state index contributed by atoms with van der Waals surface area (Å²) in [5, 5.41) is 16.2. The van der Waals surface area contributed by atoms with Crippen LogP contribution in [-0.4, -0.2) is 83.8 Å². The van der Waals surface area contributed by atoms with E-state index in [9.17, 15) is 23.5 Å². The van der Waals surface area contributed by atoms with Crippen molar-refractivity contribution in [1.29, 1.82) is 0 Å². The molecule has 0 aromatic rings. The average molecular weight is 530 g/mol. The molecule has 3 N–H and O–H groups in total. The third kappa shape index (κ3) is 6.42. The summed E-state index contributed by atoms with van der Waals surface area (Å²) < 4.78 is 27.6. The second-order valence-corrected chi connectivity index (χ2v) is 9.86. The number of amides is 2. The predicted molar refractivity (Wildman–Crippen MR) is 134 cm³/mol. The molecule has 2 aliphatic heterocycles. The number of halogens is 3. The van der Waals surface area contributed by atoms with Crippen LogP contribution in [0.5, 0.6) is 0 Å². The lowest BCUT2D eigenvalue weighted by Crippen LogP contribution is -2.48. The van der Waals surface area contributed by atoms with Crippen LogP contribution in [0.4, 0.5) is 8.78 Å². The van der Waals surface area contributed by atoms with E-state index in [0.717, 1.165) is 0 Å². The zero-order valence-electron chi connectivity index (χ0n) is 19.6. The van der Waals surface area contributed by atoms with Gasteiger partial charge in [-0.2, -0.15) is 0 Å². The highest BCUT2D eigenvalue weighted by molar-refractivity contribution is 7.18. The van der Waals surface area contributed by atoms with Crippen LogP contribution in [0, 0.1) is 5.92 Å². The van der Waals surface area contributed by atoms with E-state index >= 15 is 0 Å². The number of hydrogen-bond acceptors (Lipinski definition) is 6. The smallest absolute Gasteiger partial charge is 0.273 e. The fourth-order valence-electron chi connectivity index (χ4n) is 4.09. The predicted octanol–water partition coefficient (Wildman–Crippen LogP) is 1.89. The van der Waals surface area contributed by atoms with Gasteiger partial charge in [0.25, 0.3) is 11.6 Å². The molecule has 0 saturated carbocycles. The van der Waals surface area contributed by atoms with Gasteiger partial charge in [0.2, 0.25) is 6.41 Å². The molecule has 0 aromatic heterocycles. The fraction of sp³-hybridized carbons (Fsp3) is 0.478. The monoisotopic (exact) mass is 529 g/mol. The van der Waals surface area contributed by atoms with E-state index in [1.165, 1.54) is 22.9 Å². The SMILES string of the molecule is CN(C=O)C1=C(C(=O)N(C)CCCO)N(CC2C=CC(Cl)=CN2)C(C2=CCC(C(F)(F)P)C=C2)N1. The van der Waals surface area contributed by atoms with Gasteiger partial charge >= 0.3 is 0 Å². The van der Waals surface area contributed by atoms with Crippen molar-refractivity contribution in [3.05, 3.63) is 58.7 Å². The number of aliphatic hydroxyl groups excluding tert-OH is 1. The van der Waals surface area contributed by atoms with Crippen molar-refractivity contribution in [1.82, 2.24) is 25.3 Å². The van der Waals surface area contributed by atoms with Gasteiger partial charge in [-0.05, 0) is 24.5 Å². The molecule has 0 saturated heterocycles. The highest BCUT2D eigenvalue weighted by Gasteiger charge is 2.41. The third-order valence-electron chi connectivity index (χ3n) is 6.06. The first-order valence-corrected chi connectivity index (χ1v) is 12.2. The van der Waals surface area contributed by atoms with Crippen LogP contribution in [0.3, 0.4) is 0 Å². The van der Waals surface area contributed by atoms with Gasteiger partial charge in [0.1, 0.15) is 17.7 Å². The summed E-state index contributed by atoms with van der Waals surface area (Å²) in [5.74, 6) is -0.968. The summed E-state index contributed by atoms with van der Waals surface area (Å²) in [4.78, 5) is 29.8. The van der Waals surface area contributed by atoms with Crippen molar-refractivity contribution >= 4 is 33.2 Å². The second-order valence-electron chi connectivity index (χ2n) is 8.66. The topological polar surface area (TPSA) is 88.2 Å². The Bertz CT molecular complexity index is 979. The Balaban J connectivity index is 1.97. The number of allylic oxidation sites excluding steroid dienone is 4. The van der Waals surface area contributed by atoms with Gasteiger partial charge in [-0.15, -0.1) is 0 Å². The van der Waals surface area contributed by atoms with Gasteiger partial charge in [-0.3, -0.25) is 9.59 Å². The Morgan fingerprint density at radius 3 is 2.66 bits per heavy atom. The van der Waals surface area contributed by atoms with Crippen molar-refractivity contribution in [2.45, 2.75) is 30.7 Å². The van der Waals surface area contributed by atoms with Gasteiger partial charge < -0.3 is 30.4 Å². The number of carbonyl (C=O) groups is 2. The number of rotatable bonds is 10. The maximum atomic E-state index is 13.8. The molecular weight excluding hydrogens is 499 g/mol. The van der Waals surface area contributed by atoms with E-state index in [-0.39, 0.29) is 30.7 Å². The third-order valence-corrected chi connectivity index (χ3v) is 6.73. The Labute approximate surface area is 211 Å². The van der Waals surface area contributed by atoms with Crippen molar-refractivity contribution in [2.24, 2.45) is 5.92 Å². The molecule has 1 aliphatic carbocycles. The summed E-state index contributed by atoms with van der Waals surface area (Å²) in [6.07, 6.45) is 10.7. The molecule has 4 unspecified atom stereocenters. The largest absolute Gasteiger partial charge is 0.396 e. The first-order valence-electron chi connectivity index (χ1n) is 11.2. The Morgan fingerprint density at radius 1 is 1.37 bits per heavy atom. The van der Waals surface area contributed by atoms with Crippen LogP contribution >= 0.6 is 20.8 Å². The molecule has 3 aliphatic rings. The van der Waals surface area contributed by atoms with E-state index in [1.54, 1.807) is 40.7 Å². The number of aliphatic hydroxyl groups is 1. The van der Waals surface area contributed by atoms with E-state index in [0.29, 0.717) is 42.3 Å². The highest BCUT2D eigenvalue weighted by Crippen LogP contribution is 2.39. The second kappa shape index (κ2) is 11.5. The van der Waals surface area contributed by atoms with Gasteiger partial charge in [0, 0.05) is 45.9 Å².